The first-order chi connectivity index (χ1) is 11.2. The average Bonchev–Trinajstić information content (AvgIpc) is 2.91. The molecule has 0 saturated heterocycles. The lowest BCUT2D eigenvalue weighted by atomic mass is 10.1. The van der Waals surface area contributed by atoms with Crippen LogP contribution in [-0.2, 0) is 4.79 Å². The first-order valence-electron chi connectivity index (χ1n) is 8.55. The van der Waals surface area contributed by atoms with Crippen molar-refractivity contribution in [2.45, 2.75) is 64.7 Å². The predicted molar refractivity (Wildman–Crippen MR) is 100 cm³/mol. The van der Waals surface area contributed by atoms with Gasteiger partial charge in [0.05, 0.1) is 10.2 Å². The number of unbranched alkanes of at least 4 members (excludes halogenated alkanes) is 7. The second-order valence-electron chi connectivity index (χ2n) is 5.90. The molecule has 23 heavy (non-hydrogen) atoms. The smallest absolute Gasteiger partial charge is 0.226 e. The van der Waals surface area contributed by atoms with Crippen LogP contribution in [0.2, 0.25) is 5.02 Å². The molecule has 1 amide bonds. The van der Waals surface area contributed by atoms with E-state index in [0.717, 1.165) is 23.1 Å². The molecule has 2 rings (SSSR count). The predicted octanol–water partition coefficient (Wildman–Crippen LogP) is 6.42. The third-order valence-electron chi connectivity index (χ3n) is 3.85. The first kappa shape index (κ1) is 18.2. The number of carbonyl (C=O) groups is 1. The Morgan fingerprint density at radius 2 is 1.83 bits per heavy atom. The van der Waals surface area contributed by atoms with Crippen molar-refractivity contribution in [3.8, 4) is 0 Å². The number of halogens is 1. The van der Waals surface area contributed by atoms with Gasteiger partial charge in [0.1, 0.15) is 0 Å². The molecule has 2 aromatic rings. The zero-order valence-electron chi connectivity index (χ0n) is 13.7. The van der Waals surface area contributed by atoms with Crippen LogP contribution in [-0.4, -0.2) is 10.9 Å². The van der Waals surface area contributed by atoms with Gasteiger partial charge in [0, 0.05) is 11.4 Å². The van der Waals surface area contributed by atoms with Gasteiger partial charge >= 0.3 is 0 Å². The Balaban J connectivity index is 1.64. The molecule has 0 atom stereocenters. The van der Waals surface area contributed by atoms with Gasteiger partial charge in [-0.3, -0.25) is 4.79 Å². The van der Waals surface area contributed by atoms with Gasteiger partial charge < -0.3 is 5.32 Å². The van der Waals surface area contributed by atoms with Crippen LogP contribution in [0.3, 0.4) is 0 Å². The van der Waals surface area contributed by atoms with Gasteiger partial charge in [-0.1, -0.05) is 74.8 Å². The number of aromatic nitrogens is 1. The molecule has 0 unspecified atom stereocenters. The molecule has 1 heterocycles. The van der Waals surface area contributed by atoms with Crippen molar-refractivity contribution < 1.29 is 4.79 Å². The minimum atomic E-state index is 0.0566. The fourth-order valence-corrected chi connectivity index (χ4v) is 3.71. The monoisotopic (exact) mass is 352 g/mol. The molecule has 0 aliphatic rings. The highest BCUT2D eigenvalue weighted by Gasteiger charge is 2.08. The zero-order valence-corrected chi connectivity index (χ0v) is 15.3. The number of thiazole rings is 1. The van der Waals surface area contributed by atoms with E-state index in [4.69, 9.17) is 11.6 Å². The second kappa shape index (κ2) is 9.89. The number of benzene rings is 1. The maximum atomic E-state index is 12.0. The minimum Gasteiger partial charge on any atom is -0.302 e. The van der Waals surface area contributed by atoms with Gasteiger partial charge in [0.15, 0.2) is 5.13 Å². The standard InChI is InChI=1S/C18H25ClN2OS/c1-2-3-4-5-6-7-8-9-10-17(22)21-18-20-15-12-11-14(19)13-16(15)23-18/h11-13H,2-10H2,1H3,(H,20,21,22). The molecule has 0 aliphatic heterocycles. The van der Waals surface area contributed by atoms with Crippen LogP contribution in [0.1, 0.15) is 64.7 Å². The molecular formula is C18H25ClN2OS. The number of hydrogen-bond donors (Lipinski definition) is 1. The number of carbonyl (C=O) groups excluding carboxylic acids is 1. The number of anilines is 1. The molecule has 0 bridgehead atoms. The third-order valence-corrected chi connectivity index (χ3v) is 5.02. The summed E-state index contributed by atoms with van der Waals surface area (Å²) in [7, 11) is 0. The molecule has 0 radical (unpaired) electrons. The van der Waals surface area contributed by atoms with E-state index in [9.17, 15) is 4.79 Å². The molecule has 0 spiro atoms. The van der Waals surface area contributed by atoms with Gasteiger partial charge in [0.25, 0.3) is 0 Å². The Kier molecular flexibility index (Phi) is 7.83. The van der Waals surface area contributed by atoms with Gasteiger partial charge in [-0.2, -0.15) is 0 Å². The Bertz CT molecular complexity index is 627. The Labute approximate surface area is 147 Å². The summed E-state index contributed by atoms with van der Waals surface area (Å²) >= 11 is 7.43. The number of rotatable bonds is 10. The van der Waals surface area contributed by atoms with E-state index < -0.39 is 0 Å². The summed E-state index contributed by atoms with van der Waals surface area (Å²) in [6.07, 6.45) is 10.5. The minimum absolute atomic E-state index is 0.0566. The largest absolute Gasteiger partial charge is 0.302 e. The van der Waals surface area contributed by atoms with E-state index in [-0.39, 0.29) is 5.91 Å². The van der Waals surface area contributed by atoms with Crippen molar-refractivity contribution in [1.82, 2.24) is 4.98 Å². The van der Waals surface area contributed by atoms with Crippen LogP contribution >= 0.6 is 22.9 Å². The topological polar surface area (TPSA) is 42.0 Å². The summed E-state index contributed by atoms with van der Waals surface area (Å²) in [5.74, 6) is 0.0566. The zero-order chi connectivity index (χ0) is 16.5. The first-order valence-corrected chi connectivity index (χ1v) is 9.74. The van der Waals surface area contributed by atoms with Crippen molar-refractivity contribution in [3.63, 3.8) is 0 Å². The summed E-state index contributed by atoms with van der Waals surface area (Å²) in [5.41, 5.74) is 0.877. The Morgan fingerprint density at radius 3 is 2.57 bits per heavy atom. The Morgan fingerprint density at radius 1 is 1.13 bits per heavy atom. The molecule has 1 aromatic carbocycles. The van der Waals surface area contributed by atoms with E-state index in [1.165, 1.54) is 49.9 Å². The second-order valence-corrected chi connectivity index (χ2v) is 7.37. The number of fused-ring (bicyclic) bond motifs is 1. The highest BCUT2D eigenvalue weighted by molar-refractivity contribution is 7.22. The van der Waals surface area contributed by atoms with Gasteiger partial charge in [-0.25, -0.2) is 4.98 Å². The van der Waals surface area contributed by atoms with Gasteiger partial charge in [-0.05, 0) is 24.6 Å². The molecule has 0 aliphatic carbocycles. The van der Waals surface area contributed by atoms with Crippen molar-refractivity contribution >= 4 is 44.2 Å². The summed E-state index contributed by atoms with van der Waals surface area (Å²) < 4.78 is 1.000. The highest BCUT2D eigenvalue weighted by atomic mass is 35.5. The highest BCUT2D eigenvalue weighted by Crippen LogP contribution is 2.28. The van der Waals surface area contributed by atoms with Gasteiger partial charge in [-0.15, -0.1) is 0 Å². The summed E-state index contributed by atoms with van der Waals surface area (Å²) in [6.45, 7) is 2.23. The van der Waals surface area contributed by atoms with E-state index in [2.05, 4.69) is 17.2 Å². The maximum absolute atomic E-state index is 12.0. The van der Waals surface area contributed by atoms with Crippen LogP contribution in [0.15, 0.2) is 18.2 Å². The van der Waals surface area contributed by atoms with E-state index in [0.29, 0.717) is 16.6 Å². The Hall–Kier alpha value is -1.13. The summed E-state index contributed by atoms with van der Waals surface area (Å²) in [5, 5.41) is 4.25. The van der Waals surface area contributed by atoms with Crippen LogP contribution in [0, 0.1) is 0 Å². The average molecular weight is 353 g/mol. The van der Waals surface area contributed by atoms with Crippen molar-refractivity contribution in [2.75, 3.05) is 5.32 Å². The normalized spacial score (nSPS) is 11.0. The van der Waals surface area contributed by atoms with E-state index in [1.54, 1.807) is 0 Å². The lowest BCUT2D eigenvalue weighted by Gasteiger charge is -2.02. The fourth-order valence-electron chi connectivity index (χ4n) is 2.55. The molecule has 0 saturated carbocycles. The third kappa shape index (κ3) is 6.48. The number of nitrogens with zero attached hydrogens (tertiary/aromatic N) is 1. The molecule has 3 nitrogen and oxygen atoms in total. The van der Waals surface area contributed by atoms with E-state index >= 15 is 0 Å². The lowest BCUT2D eigenvalue weighted by Crippen LogP contribution is -2.10. The van der Waals surface area contributed by atoms with Crippen LogP contribution in [0.4, 0.5) is 5.13 Å². The number of nitrogens with one attached hydrogen (secondary N) is 1. The molecule has 126 valence electrons. The van der Waals surface area contributed by atoms with Crippen LogP contribution in [0.5, 0.6) is 0 Å². The fraction of sp³-hybridized carbons (Fsp3) is 0.556. The maximum Gasteiger partial charge on any atom is 0.226 e. The summed E-state index contributed by atoms with van der Waals surface area (Å²) in [4.78, 5) is 16.4. The molecule has 5 heteroatoms. The number of hydrogen-bond acceptors (Lipinski definition) is 3. The van der Waals surface area contributed by atoms with Crippen molar-refractivity contribution in [1.29, 1.82) is 0 Å². The molecule has 1 N–H and O–H groups in total. The lowest BCUT2D eigenvalue weighted by molar-refractivity contribution is -0.116. The quantitative estimate of drug-likeness (QED) is 0.501. The van der Waals surface area contributed by atoms with Crippen molar-refractivity contribution in [3.05, 3.63) is 23.2 Å². The van der Waals surface area contributed by atoms with Crippen LogP contribution in [0.25, 0.3) is 10.2 Å². The van der Waals surface area contributed by atoms with Crippen LogP contribution < -0.4 is 5.32 Å². The van der Waals surface area contributed by atoms with Gasteiger partial charge in [0.2, 0.25) is 5.91 Å². The SMILES string of the molecule is CCCCCCCCCCC(=O)Nc1nc2ccc(Cl)cc2s1. The molecule has 1 aromatic heterocycles. The molecular weight excluding hydrogens is 328 g/mol. The molecule has 0 fully saturated rings. The van der Waals surface area contributed by atoms with Crippen molar-refractivity contribution in [2.24, 2.45) is 0 Å². The number of amides is 1. The summed E-state index contributed by atoms with van der Waals surface area (Å²) in [6, 6.07) is 5.57. The van der Waals surface area contributed by atoms with E-state index in [1.807, 2.05) is 18.2 Å².